The number of nitrogens with two attached hydrogens (primary N) is 1. The zero-order valence-electron chi connectivity index (χ0n) is 10.3. The first kappa shape index (κ1) is 11.9. The largest absolute Gasteiger partial charge is 0.352 e. The predicted octanol–water partition coefficient (Wildman–Crippen LogP) is 1.95. The molecular formula is C13H24N2O. The summed E-state index contributed by atoms with van der Waals surface area (Å²) in [5, 5.41) is 3.14. The van der Waals surface area contributed by atoms with Gasteiger partial charge in [-0.3, -0.25) is 4.79 Å². The lowest BCUT2D eigenvalue weighted by atomic mass is 9.95. The summed E-state index contributed by atoms with van der Waals surface area (Å²) in [5.41, 5.74) is 5.57. The van der Waals surface area contributed by atoms with Crippen molar-refractivity contribution in [3.63, 3.8) is 0 Å². The summed E-state index contributed by atoms with van der Waals surface area (Å²) in [7, 11) is 0. The van der Waals surface area contributed by atoms with Gasteiger partial charge in [-0.25, -0.2) is 0 Å². The second kappa shape index (κ2) is 4.74. The number of hydrogen-bond acceptors (Lipinski definition) is 2. The quantitative estimate of drug-likeness (QED) is 0.770. The molecule has 0 unspecified atom stereocenters. The lowest BCUT2D eigenvalue weighted by Gasteiger charge is -2.27. The number of amides is 1. The van der Waals surface area contributed by atoms with Gasteiger partial charge in [-0.05, 0) is 38.5 Å². The Balaban J connectivity index is 1.86. The van der Waals surface area contributed by atoms with E-state index in [0.717, 1.165) is 25.7 Å². The molecule has 16 heavy (non-hydrogen) atoms. The van der Waals surface area contributed by atoms with Crippen molar-refractivity contribution < 1.29 is 4.79 Å². The van der Waals surface area contributed by atoms with Crippen molar-refractivity contribution in [2.45, 2.75) is 69.9 Å². The molecule has 0 heterocycles. The number of rotatable bonds is 3. The van der Waals surface area contributed by atoms with E-state index >= 15 is 0 Å². The van der Waals surface area contributed by atoms with Crippen LogP contribution in [0.25, 0.3) is 0 Å². The fourth-order valence-electron chi connectivity index (χ4n) is 3.16. The van der Waals surface area contributed by atoms with Crippen molar-refractivity contribution in [2.75, 3.05) is 0 Å². The fraction of sp³-hybridized carbons (Fsp3) is 0.923. The van der Waals surface area contributed by atoms with Crippen LogP contribution in [0.2, 0.25) is 0 Å². The number of carbonyl (C=O) groups is 1. The molecule has 0 aliphatic heterocycles. The fourth-order valence-corrected chi connectivity index (χ4v) is 3.16. The molecule has 2 fully saturated rings. The molecule has 0 spiro atoms. The Labute approximate surface area is 98.2 Å². The van der Waals surface area contributed by atoms with Crippen molar-refractivity contribution in [2.24, 2.45) is 11.7 Å². The van der Waals surface area contributed by atoms with Gasteiger partial charge in [0.15, 0.2) is 0 Å². The standard InChI is InChI=1S/C13H24N2O/c1-10(11-6-2-3-7-11)15-12(16)13(14)8-4-5-9-13/h10-11H,2-9,14H2,1H3,(H,15,16)/t10-/m1/s1. The molecule has 3 heteroatoms. The third-order valence-corrected chi connectivity index (χ3v) is 4.41. The Hall–Kier alpha value is -0.570. The van der Waals surface area contributed by atoms with E-state index in [1.165, 1.54) is 25.7 Å². The average molecular weight is 224 g/mol. The smallest absolute Gasteiger partial charge is 0.240 e. The topological polar surface area (TPSA) is 55.1 Å². The van der Waals surface area contributed by atoms with Gasteiger partial charge in [0, 0.05) is 6.04 Å². The molecule has 1 atom stereocenters. The second-order valence-corrected chi connectivity index (χ2v) is 5.67. The van der Waals surface area contributed by atoms with Gasteiger partial charge in [0.1, 0.15) is 0 Å². The van der Waals surface area contributed by atoms with Crippen molar-refractivity contribution in [3.05, 3.63) is 0 Å². The molecular weight excluding hydrogens is 200 g/mol. The Kier molecular flexibility index (Phi) is 3.53. The van der Waals surface area contributed by atoms with Gasteiger partial charge in [0.25, 0.3) is 0 Å². The maximum atomic E-state index is 12.1. The molecule has 2 aliphatic rings. The molecule has 3 N–H and O–H groups in total. The Morgan fingerprint density at radius 3 is 2.38 bits per heavy atom. The van der Waals surface area contributed by atoms with Crippen molar-refractivity contribution >= 4 is 5.91 Å². The molecule has 0 aromatic carbocycles. The van der Waals surface area contributed by atoms with E-state index in [1.807, 2.05) is 0 Å². The van der Waals surface area contributed by atoms with Crippen LogP contribution in [0.3, 0.4) is 0 Å². The predicted molar refractivity (Wildman–Crippen MR) is 64.9 cm³/mol. The van der Waals surface area contributed by atoms with E-state index in [-0.39, 0.29) is 5.91 Å². The molecule has 2 saturated carbocycles. The summed E-state index contributed by atoms with van der Waals surface area (Å²) in [6.07, 6.45) is 9.07. The first-order valence-electron chi connectivity index (χ1n) is 6.72. The van der Waals surface area contributed by atoms with E-state index < -0.39 is 5.54 Å². The van der Waals surface area contributed by atoms with E-state index in [1.54, 1.807) is 0 Å². The van der Waals surface area contributed by atoms with Gasteiger partial charge in [0.05, 0.1) is 5.54 Å². The van der Waals surface area contributed by atoms with Crippen LogP contribution < -0.4 is 11.1 Å². The lowest BCUT2D eigenvalue weighted by Crippen LogP contribution is -2.54. The SMILES string of the molecule is C[C@@H](NC(=O)C1(N)CCCC1)C1CCCC1. The third-order valence-electron chi connectivity index (χ3n) is 4.41. The minimum Gasteiger partial charge on any atom is -0.352 e. The maximum absolute atomic E-state index is 12.1. The first-order chi connectivity index (χ1) is 7.62. The van der Waals surface area contributed by atoms with Crippen LogP contribution in [0, 0.1) is 5.92 Å². The minimum absolute atomic E-state index is 0.0874. The molecule has 2 aliphatic carbocycles. The molecule has 0 bridgehead atoms. The third kappa shape index (κ3) is 2.40. The highest BCUT2D eigenvalue weighted by Crippen LogP contribution is 2.30. The van der Waals surface area contributed by atoms with Gasteiger partial charge >= 0.3 is 0 Å². The number of carbonyl (C=O) groups excluding carboxylic acids is 1. The Bertz CT molecular complexity index is 253. The molecule has 0 aromatic rings. The van der Waals surface area contributed by atoms with E-state index in [4.69, 9.17) is 5.73 Å². The summed E-state index contributed by atoms with van der Waals surface area (Å²) in [6, 6.07) is 0.302. The summed E-state index contributed by atoms with van der Waals surface area (Å²) in [4.78, 5) is 12.1. The molecule has 0 radical (unpaired) electrons. The van der Waals surface area contributed by atoms with Crippen LogP contribution in [0.4, 0.5) is 0 Å². The van der Waals surface area contributed by atoms with Crippen molar-refractivity contribution in [1.29, 1.82) is 0 Å². The monoisotopic (exact) mass is 224 g/mol. The average Bonchev–Trinajstić information content (AvgIpc) is 2.88. The zero-order valence-corrected chi connectivity index (χ0v) is 10.3. The highest BCUT2D eigenvalue weighted by atomic mass is 16.2. The maximum Gasteiger partial charge on any atom is 0.240 e. The van der Waals surface area contributed by atoms with E-state index in [2.05, 4.69) is 12.2 Å². The normalized spacial score (nSPS) is 26.9. The van der Waals surface area contributed by atoms with Crippen molar-refractivity contribution in [1.82, 2.24) is 5.32 Å². The lowest BCUT2D eigenvalue weighted by molar-refractivity contribution is -0.127. The molecule has 0 saturated heterocycles. The van der Waals surface area contributed by atoms with Crippen LogP contribution in [-0.2, 0) is 4.79 Å². The second-order valence-electron chi connectivity index (χ2n) is 5.67. The Morgan fingerprint density at radius 1 is 1.25 bits per heavy atom. The molecule has 3 nitrogen and oxygen atoms in total. The summed E-state index contributed by atoms with van der Waals surface area (Å²) >= 11 is 0. The van der Waals surface area contributed by atoms with E-state index in [0.29, 0.717) is 12.0 Å². The van der Waals surface area contributed by atoms with Gasteiger partial charge in [0.2, 0.25) is 5.91 Å². The van der Waals surface area contributed by atoms with Crippen LogP contribution in [0.1, 0.15) is 58.3 Å². The van der Waals surface area contributed by atoms with Gasteiger partial charge in [-0.1, -0.05) is 25.7 Å². The zero-order chi connectivity index (χ0) is 11.6. The van der Waals surface area contributed by atoms with Crippen LogP contribution in [0.5, 0.6) is 0 Å². The number of hydrogen-bond donors (Lipinski definition) is 2. The van der Waals surface area contributed by atoms with E-state index in [9.17, 15) is 4.79 Å². The first-order valence-corrected chi connectivity index (χ1v) is 6.72. The summed E-state index contributed by atoms with van der Waals surface area (Å²) < 4.78 is 0. The molecule has 1 amide bonds. The summed E-state index contributed by atoms with van der Waals surface area (Å²) in [6.45, 7) is 2.13. The minimum atomic E-state index is -0.563. The highest BCUT2D eigenvalue weighted by molar-refractivity contribution is 5.86. The highest BCUT2D eigenvalue weighted by Gasteiger charge is 2.38. The molecule has 0 aromatic heterocycles. The van der Waals surface area contributed by atoms with Crippen LogP contribution in [-0.4, -0.2) is 17.5 Å². The van der Waals surface area contributed by atoms with Crippen LogP contribution >= 0.6 is 0 Å². The van der Waals surface area contributed by atoms with Gasteiger partial charge < -0.3 is 11.1 Å². The number of nitrogens with one attached hydrogen (secondary N) is 1. The van der Waals surface area contributed by atoms with Crippen LogP contribution in [0.15, 0.2) is 0 Å². The van der Waals surface area contributed by atoms with Gasteiger partial charge in [-0.15, -0.1) is 0 Å². The van der Waals surface area contributed by atoms with Crippen molar-refractivity contribution in [3.8, 4) is 0 Å². The molecule has 92 valence electrons. The summed E-state index contributed by atoms with van der Waals surface area (Å²) in [5.74, 6) is 0.762. The van der Waals surface area contributed by atoms with Gasteiger partial charge in [-0.2, -0.15) is 0 Å². The molecule has 2 rings (SSSR count). The Morgan fingerprint density at radius 2 is 1.81 bits per heavy atom.